The third-order valence-corrected chi connectivity index (χ3v) is 8.68. The van der Waals surface area contributed by atoms with Gasteiger partial charge in [-0.3, -0.25) is 9.59 Å². The van der Waals surface area contributed by atoms with Crippen molar-refractivity contribution in [3.8, 4) is 28.2 Å². The van der Waals surface area contributed by atoms with Crippen molar-refractivity contribution < 1.29 is 14.3 Å². The Labute approximate surface area is 272 Å². The van der Waals surface area contributed by atoms with E-state index in [0.717, 1.165) is 24.0 Å². The molecule has 0 unspecified atom stereocenters. The Morgan fingerprint density at radius 3 is 2.47 bits per heavy atom. The van der Waals surface area contributed by atoms with Crippen molar-refractivity contribution in [1.29, 1.82) is 0 Å². The van der Waals surface area contributed by atoms with Gasteiger partial charge in [-0.05, 0) is 93.1 Å². The maximum atomic E-state index is 13.5. The van der Waals surface area contributed by atoms with Crippen LogP contribution in [0, 0.1) is 0 Å². The van der Waals surface area contributed by atoms with E-state index in [1.807, 2.05) is 42.5 Å². The van der Waals surface area contributed by atoms with Crippen LogP contribution < -0.4 is 22.2 Å². The van der Waals surface area contributed by atoms with Crippen LogP contribution in [0.15, 0.2) is 104 Å². The Bertz CT molecular complexity index is 2010. The highest BCUT2D eigenvalue weighted by molar-refractivity contribution is 6.09. The quantitative estimate of drug-likeness (QED) is 0.105. The number of aliphatic imine (C=N–C) groups is 2. The summed E-state index contributed by atoms with van der Waals surface area (Å²) in [5.74, 6) is 0.665. The van der Waals surface area contributed by atoms with Crippen LogP contribution in [-0.2, 0) is 6.42 Å². The molecule has 2 atom stereocenters. The van der Waals surface area contributed by atoms with Crippen molar-refractivity contribution in [2.45, 2.75) is 51.6 Å². The number of rotatable bonds is 6. The topological polar surface area (TPSA) is 160 Å². The van der Waals surface area contributed by atoms with Gasteiger partial charge < -0.3 is 31.2 Å². The first-order valence-electron chi connectivity index (χ1n) is 15.8. The molecule has 0 saturated carbocycles. The number of nitrogens with zero attached hydrogens (tertiary/aromatic N) is 3. The number of phenolic OH excluding ortho intramolecular Hbond substituents is 1. The lowest BCUT2D eigenvalue weighted by atomic mass is 9.90. The number of carbonyl (C=O) groups excluding carboxylic acids is 1. The van der Waals surface area contributed by atoms with Gasteiger partial charge in [0.25, 0.3) is 5.91 Å². The van der Waals surface area contributed by atoms with Crippen molar-refractivity contribution >= 4 is 34.5 Å². The van der Waals surface area contributed by atoms with E-state index in [9.17, 15) is 14.7 Å². The summed E-state index contributed by atoms with van der Waals surface area (Å²) in [4.78, 5) is 36.6. The van der Waals surface area contributed by atoms with E-state index >= 15 is 0 Å². The van der Waals surface area contributed by atoms with Crippen LogP contribution in [0.3, 0.4) is 0 Å². The SMILES string of the molecule is C[C@@H]1CCC[C@H](C)N1C(N)=NC(N)=Nc1ccc(CCNC(=O)c2ccccc2-c2c3ccc(=O)cc-3oc3cc(O)ccc23)cc1. The number of aromatic hydroxyl groups is 1. The highest BCUT2D eigenvalue weighted by Crippen LogP contribution is 2.41. The van der Waals surface area contributed by atoms with Crippen LogP contribution in [0.5, 0.6) is 5.75 Å². The van der Waals surface area contributed by atoms with Crippen molar-refractivity contribution in [2.24, 2.45) is 21.5 Å². The molecule has 3 aromatic rings. The number of phenols is 1. The highest BCUT2D eigenvalue weighted by Gasteiger charge is 2.26. The minimum absolute atomic E-state index is 0.0366. The minimum atomic E-state index is -0.233. The zero-order chi connectivity index (χ0) is 33.1. The number of carbonyl (C=O) groups is 1. The van der Waals surface area contributed by atoms with Gasteiger partial charge >= 0.3 is 0 Å². The van der Waals surface area contributed by atoms with Gasteiger partial charge in [-0.15, -0.1) is 0 Å². The van der Waals surface area contributed by atoms with Crippen LogP contribution in [0.2, 0.25) is 0 Å². The van der Waals surface area contributed by atoms with Gasteiger partial charge in [-0.25, -0.2) is 4.99 Å². The first-order chi connectivity index (χ1) is 22.7. The van der Waals surface area contributed by atoms with Crippen LogP contribution in [-0.4, -0.2) is 46.5 Å². The number of hydrogen-bond acceptors (Lipinski definition) is 5. The molecule has 10 heteroatoms. The monoisotopic (exact) mass is 630 g/mol. The zero-order valence-electron chi connectivity index (χ0n) is 26.4. The lowest BCUT2D eigenvalue weighted by molar-refractivity contribution is 0.0954. The molecule has 0 radical (unpaired) electrons. The molecule has 6 N–H and O–H groups in total. The standard InChI is InChI=1S/C37H38N6O4/c1-22-6-5-7-23(2)43(22)37(39)42-36(38)41-25-12-10-24(11-13-25)18-19-40-35(46)29-9-4-3-8-28(29)34-30-16-14-26(44)20-32(30)47-33-21-27(45)15-17-31(33)34/h3-4,8-17,20-23,44H,5-7,18-19H2,1-2H3,(H,40,46)(H4,38,39,41,42)/t22-,23+. The Balaban J connectivity index is 1.16. The normalized spacial score (nSPS) is 17.3. The van der Waals surface area contributed by atoms with Crippen LogP contribution in [0.1, 0.15) is 49.0 Å². The first-order valence-corrected chi connectivity index (χ1v) is 15.8. The molecule has 1 fully saturated rings. The largest absolute Gasteiger partial charge is 0.508 e. The second-order valence-electron chi connectivity index (χ2n) is 12.0. The summed E-state index contributed by atoms with van der Waals surface area (Å²) < 4.78 is 5.97. The first kappa shape index (κ1) is 31.3. The van der Waals surface area contributed by atoms with E-state index in [4.69, 9.17) is 15.9 Å². The number of nitrogens with one attached hydrogen (secondary N) is 1. The zero-order valence-corrected chi connectivity index (χ0v) is 26.4. The van der Waals surface area contributed by atoms with Crippen LogP contribution >= 0.6 is 0 Å². The highest BCUT2D eigenvalue weighted by atomic mass is 16.3. The number of amides is 1. The third-order valence-electron chi connectivity index (χ3n) is 8.68. The van der Waals surface area contributed by atoms with E-state index in [1.165, 1.54) is 24.6 Å². The van der Waals surface area contributed by atoms with Gasteiger partial charge in [0, 0.05) is 52.8 Å². The summed E-state index contributed by atoms with van der Waals surface area (Å²) in [6, 6.07) is 25.0. The minimum Gasteiger partial charge on any atom is -0.508 e. The van der Waals surface area contributed by atoms with Gasteiger partial charge in [0.15, 0.2) is 11.4 Å². The van der Waals surface area contributed by atoms with E-state index in [0.29, 0.717) is 70.1 Å². The summed E-state index contributed by atoms with van der Waals surface area (Å²) in [7, 11) is 0. The molecular weight excluding hydrogens is 592 g/mol. The number of piperidine rings is 1. The maximum absolute atomic E-state index is 13.5. The average molecular weight is 631 g/mol. The Morgan fingerprint density at radius 2 is 1.70 bits per heavy atom. The molecule has 6 rings (SSSR count). The Morgan fingerprint density at radius 1 is 0.957 bits per heavy atom. The van der Waals surface area contributed by atoms with Gasteiger partial charge in [0.2, 0.25) is 5.96 Å². The lowest BCUT2D eigenvalue weighted by Crippen LogP contribution is -2.51. The molecule has 10 nitrogen and oxygen atoms in total. The van der Waals surface area contributed by atoms with E-state index in [1.54, 1.807) is 24.3 Å². The van der Waals surface area contributed by atoms with Crippen LogP contribution in [0.4, 0.5) is 5.69 Å². The fourth-order valence-electron chi connectivity index (χ4n) is 6.41. The third kappa shape index (κ3) is 6.81. The van der Waals surface area contributed by atoms with Gasteiger partial charge in [-0.1, -0.05) is 30.3 Å². The smallest absolute Gasteiger partial charge is 0.251 e. The molecule has 1 amide bonds. The van der Waals surface area contributed by atoms with E-state index in [-0.39, 0.29) is 23.0 Å². The molecule has 240 valence electrons. The van der Waals surface area contributed by atoms with Crippen molar-refractivity contribution in [1.82, 2.24) is 10.2 Å². The average Bonchev–Trinajstić information content (AvgIpc) is 3.04. The van der Waals surface area contributed by atoms with Crippen molar-refractivity contribution in [3.05, 3.63) is 106 Å². The fourth-order valence-corrected chi connectivity index (χ4v) is 6.41. The predicted molar refractivity (Wildman–Crippen MR) is 186 cm³/mol. The van der Waals surface area contributed by atoms with E-state index < -0.39 is 0 Å². The van der Waals surface area contributed by atoms with E-state index in [2.05, 4.69) is 34.0 Å². The summed E-state index contributed by atoms with van der Waals surface area (Å²) >= 11 is 0. The molecule has 2 heterocycles. The second-order valence-corrected chi connectivity index (χ2v) is 12.0. The van der Waals surface area contributed by atoms with Gasteiger partial charge in [0.05, 0.1) is 5.69 Å². The number of hydrogen-bond donors (Lipinski definition) is 4. The second kappa shape index (κ2) is 13.4. The summed E-state index contributed by atoms with van der Waals surface area (Å²) in [6.45, 7) is 4.70. The summed E-state index contributed by atoms with van der Waals surface area (Å²) in [6.07, 6.45) is 3.92. The van der Waals surface area contributed by atoms with Crippen LogP contribution in [0.25, 0.3) is 33.4 Å². The number of guanidine groups is 2. The Hall–Kier alpha value is -5.64. The number of likely N-dealkylation sites (tertiary alicyclic amines) is 1. The molecule has 0 bridgehead atoms. The van der Waals surface area contributed by atoms with Crippen molar-refractivity contribution in [3.63, 3.8) is 0 Å². The number of benzene rings is 4. The molecule has 0 spiro atoms. The predicted octanol–water partition coefficient (Wildman–Crippen LogP) is 5.77. The molecule has 3 aliphatic rings. The molecule has 47 heavy (non-hydrogen) atoms. The Kier molecular flexibility index (Phi) is 8.92. The summed E-state index contributed by atoms with van der Waals surface area (Å²) in [5.41, 5.74) is 16.9. The number of fused-ring (bicyclic) bond motifs is 2. The molecular formula is C37H38N6O4. The molecule has 3 aromatic carbocycles. The van der Waals surface area contributed by atoms with Crippen molar-refractivity contribution in [2.75, 3.05) is 6.54 Å². The fraction of sp³-hybridized carbons (Fsp3) is 0.243. The molecule has 1 aliphatic carbocycles. The molecule has 2 aliphatic heterocycles. The number of nitrogens with two attached hydrogens (primary N) is 2. The summed E-state index contributed by atoms with van der Waals surface area (Å²) in [5, 5.41) is 13.8. The van der Waals surface area contributed by atoms with Gasteiger partial charge in [-0.2, -0.15) is 4.99 Å². The molecule has 0 aromatic heterocycles. The van der Waals surface area contributed by atoms with Gasteiger partial charge in [0.1, 0.15) is 17.1 Å². The molecule has 1 saturated heterocycles. The lowest BCUT2D eigenvalue weighted by Gasteiger charge is -2.39. The maximum Gasteiger partial charge on any atom is 0.251 e.